The van der Waals surface area contributed by atoms with Gasteiger partial charge in [-0.1, -0.05) is 57.9 Å². The zero-order valence-corrected chi connectivity index (χ0v) is 22.1. The van der Waals surface area contributed by atoms with Crippen LogP contribution in [0.1, 0.15) is 106 Å². The van der Waals surface area contributed by atoms with Crippen molar-refractivity contribution in [1.82, 2.24) is 0 Å². The monoisotopic (exact) mass is 454 g/mol. The number of rotatable bonds is 5. The van der Waals surface area contributed by atoms with Crippen LogP contribution in [-0.2, 0) is 9.59 Å². The van der Waals surface area contributed by atoms with E-state index in [2.05, 4.69) is 60.6 Å². The number of carbonyl (C=O) groups excluding carboxylic acids is 1. The third-order valence-corrected chi connectivity index (χ3v) is 11.5. The molecule has 0 amide bonds. The number of allylic oxidation sites excluding steroid dienone is 4. The van der Waals surface area contributed by atoms with Crippen molar-refractivity contribution >= 4 is 11.8 Å². The van der Waals surface area contributed by atoms with Crippen LogP contribution < -0.4 is 0 Å². The molecular formula is C30H46O3. The number of hydrogen-bond acceptors (Lipinski definition) is 2. The first-order valence-electron chi connectivity index (χ1n) is 13.4. The van der Waals surface area contributed by atoms with Gasteiger partial charge in [-0.3, -0.25) is 9.59 Å². The van der Waals surface area contributed by atoms with Crippen molar-refractivity contribution in [3.63, 3.8) is 0 Å². The Bertz CT molecular complexity index is 890. The summed E-state index contributed by atoms with van der Waals surface area (Å²) in [6.07, 6.45) is 13.4. The third-order valence-electron chi connectivity index (χ3n) is 11.5. The van der Waals surface area contributed by atoms with Crippen LogP contribution in [0.4, 0.5) is 0 Å². The van der Waals surface area contributed by atoms with Crippen molar-refractivity contribution in [3.05, 3.63) is 23.3 Å². The summed E-state index contributed by atoms with van der Waals surface area (Å²) in [4.78, 5) is 25.2. The van der Waals surface area contributed by atoms with Gasteiger partial charge in [-0.05, 0) is 99.2 Å². The molecule has 0 aromatic heterocycles. The average Bonchev–Trinajstić information content (AvgIpc) is 3.00. The maximum atomic E-state index is 12.8. The van der Waals surface area contributed by atoms with Crippen LogP contribution in [0.15, 0.2) is 23.3 Å². The Kier molecular flexibility index (Phi) is 6.07. The van der Waals surface area contributed by atoms with E-state index in [1.54, 1.807) is 5.57 Å². The summed E-state index contributed by atoms with van der Waals surface area (Å²) >= 11 is 0. The minimum atomic E-state index is -0.605. The van der Waals surface area contributed by atoms with Crippen LogP contribution >= 0.6 is 0 Å². The van der Waals surface area contributed by atoms with Crippen LogP contribution in [0.3, 0.4) is 0 Å². The summed E-state index contributed by atoms with van der Waals surface area (Å²) in [7, 11) is 0. The summed E-state index contributed by atoms with van der Waals surface area (Å²) < 4.78 is 0. The van der Waals surface area contributed by atoms with Crippen LogP contribution in [0.5, 0.6) is 0 Å². The normalized spacial score (nSPS) is 42.5. The molecule has 3 fully saturated rings. The van der Waals surface area contributed by atoms with Crippen LogP contribution in [0, 0.1) is 45.3 Å². The minimum Gasteiger partial charge on any atom is -0.481 e. The van der Waals surface area contributed by atoms with Gasteiger partial charge in [0, 0.05) is 11.8 Å². The SMILES string of the molecule is CC(C)=CCC[C@@H](C(=O)O)[C@@H]1CC[C@]2(C)C3=CC[C@H]4C(C)(C)C(=O)CC[C@]4(C)[C@H]3CC[C@@]12C. The maximum Gasteiger partial charge on any atom is 0.306 e. The fourth-order valence-electron chi connectivity index (χ4n) is 9.25. The van der Waals surface area contributed by atoms with Gasteiger partial charge < -0.3 is 5.11 Å². The average molecular weight is 455 g/mol. The number of carboxylic acid groups (broad SMARTS) is 1. The Morgan fingerprint density at radius 1 is 1.12 bits per heavy atom. The molecule has 0 radical (unpaired) electrons. The van der Waals surface area contributed by atoms with E-state index in [1.165, 1.54) is 5.57 Å². The molecule has 0 saturated heterocycles. The van der Waals surface area contributed by atoms with Gasteiger partial charge in [-0.15, -0.1) is 0 Å². The van der Waals surface area contributed by atoms with E-state index in [0.29, 0.717) is 24.0 Å². The number of Topliss-reactive ketones (excluding diaryl/α,β-unsaturated/α-hetero) is 1. The summed E-state index contributed by atoms with van der Waals surface area (Å²) in [6, 6.07) is 0. The molecule has 0 aromatic rings. The van der Waals surface area contributed by atoms with Gasteiger partial charge in [0.15, 0.2) is 0 Å². The molecule has 0 unspecified atom stereocenters. The van der Waals surface area contributed by atoms with Crippen molar-refractivity contribution in [2.45, 2.75) is 106 Å². The summed E-state index contributed by atoms with van der Waals surface area (Å²) in [5.41, 5.74) is 2.94. The fourth-order valence-corrected chi connectivity index (χ4v) is 9.25. The van der Waals surface area contributed by atoms with E-state index in [-0.39, 0.29) is 33.5 Å². The van der Waals surface area contributed by atoms with E-state index in [9.17, 15) is 14.7 Å². The predicted octanol–water partition coefficient (Wildman–Crippen LogP) is 7.61. The van der Waals surface area contributed by atoms with Gasteiger partial charge in [0.05, 0.1) is 5.92 Å². The first-order chi connectivity index (χ1) is 15.3. The molecule has 4 rings (SSSR count). The summed E-state index contributed by atoms with van der Waals surface area (Å²) in [5.74, 6) is 0.766. The lowest BCUT2D eigenvalue weighted by atomic mass is 9.41. The molecule has 3 saturated carbocycles. The number of hydrogen-bond donors (Lipinski definition) is 1. The lowest BCUT2D eigenvalue weighted by Crippen LogP contribution is -2.57. The predicted molar refractivity (Wildman–Crippen MR) is 134 cm³/mol. The number of aliphatic carboxylic acids is 1. The number of fused-ring (bicyclic) bond motifs is 5. The highest BCUT2D eigenvalue weighted by Gasteiger charge is 2.66. The van der Waals surface area contributed by atoms with Crippen molar-refractivity contribution in [1.29, 1.82) is 0 Å². The van der Waals surface area contributed by atoms with Crippen molar-refractivity contribution in [2.75, 3.05) is 0 Å². The number of carboxylic acids is 1. The highest BCUT2D eigenvalue weighted by Crippen LogP contribution is 2.73. The second-order valence-electron chi connectivity index (χ2n) is 13.4. The topological polar surface area (TPSA) is 54.4 Å². The van der Waals surface area contributed by atoms with Crippen molar-refractivity contribution in [2.24, 2.45) is 45.3 Å². The van der Waals surface area contributed by atoms with Gasteiger partial charge in [-0.2, -0.15) is 0 Å². The number of carbonyl (C=O) groups is 2. The summed E-state index contributed by atoms with van der Waals surface area (Å²) in [5, 5.41) is 10.2. The van der Waals surface area contributed by atoms with Gasteiger partial charge in [-0.25, -0.2) is 0 Å². The maximum absolute atomic E-state index is 12.8. The molecule has 3 heteroatoms. The van der Waals surface area contributed by atoms with E-state index >= 15 is 0 Å². The van der Waals surface area contributed by atoms with Gasteiger partial charge in [0.2, 0.25) is 0 Å². The summed E-state index contributed by atoms with van der Waals surface area (Å²) in [6.45, 7) is 15.9. The Balaban J connectivity index is 1.67. The lowest BCUT2D eigenvalue weighted by Gasteiger charge is -2.63. The Morgan fingerprint density at radius 2 is 1.82 bits per heavy atom. The molecule has 184 valence electrons. The van der Waals surface area contributed by atoms with E-state index in [4.69, 9.17) is 0 Å². The first-order valence-corrected chi connectivity index (χ1v) is 13.4. The highest BCUT2D eigenvalue weighted by molar-refractivity contribution is 5.85. The first kappa shape index (κ1) is 24.7. The van der Waals surface area contributed by atoms with Gasteiger partial charge >= 0.3 is 5.97 Å². The lowest BCUT2D eigenvalue weighted by molar-refractivity contribution is -0.149. The zero-order valence-electron chi connectivity index (χ0n) is 22.1. The highest BCUT2D eigenvalue weighted by atomic mass is 16.4. The van der Waals surface area contributed by atoms with E-state index in [1.807, 2.05) is 0 Å². The van der Waals surface area contributed by atoms with E-state index in [0.717, 1.165) is 51.4 Å². The largest absolute Gasteiger partial charge is 0.481 e. The van der Waals surface area contributed by atoms with Crippen LogP contribution in [0.25, 0.3) is 0 Å². The molecule has 0 bridgehead atoms. The Morgan fingerprint density at radius 3 is 2.45 bits per heavy atom. The second kappa shape index (κ2) is 8.09. The molecule has 4 aliphatic carbocycles. The molecule has 0 heterocycles. The zero-order chi connectivity index (χ0) is 24.4. The second-order valence-corrected chi connectivity index (χ2v) is 13.4. The number of ketones is 1. The molecular weight excluding hydrogens is 408 g/mol. The Labute approximate surface area is 201 Å². The molecule has 1 N–H and O–H groups in total. The molecule has 0 spiro atoms. The molecule has 3 nitrogen and oxygen atoms in total. The quantitative estimate of drug-likeness (QED) is 0.435. The molecule has 0 aromatic carbocycles. The smallest absolute Gasteiger partial charge is 0.306 e. The van der Waals surface area contributed by atoms with Gasteiger partial charge in [0.25, 0.3) is 0 Å². The molecule has 4 aliphatic rings. The van der Waals surface area contributed by atoms with Crippen LogP contribution in [-0.4, -0.2) is 16.9 Å². The van der Waals surface area contributed by atoms with Crippen LogP contribution in [0.2, 0.25) is 0 Å². The third kappa shape index (κ3) is 3.50. The van der Waals surface area contributed by atoms with Crippen molar-refractivity contribution in [3.8, 4) is 0 Å². The molecule has 7 atom stereocenters. The van der Waals surface area contributed by atoms with Crippen molar-refractivity contribution < 1.29 is 14.7 Å². The van der Waals surface area contributed by atoms with E-state index < -0.39 is 5.97 Å². The fraction of sp³-hybridized carbons (Fsp3) is 0.800. The molecule has 33 heavy (non-hydrogen) atoms. The standard InChI is InChI=1S/C30H46O3/c1-19(2)9-8-10-20(26(32)33)21-13-17-30(7)23-11-12-24-27(3,4)25(31)15-16-28(24,5)22(23)14-18-29(21,30)6/h9,11,20-22,24H,8,10,12-18H2,1-7H3,(H,32,33)/t20-,21+,22+,24+,28-,29+,30-/m1/s1. The van der Waals surface area contributed by atoms with Gasteiger partial charge in [0.1, 0.15) is 5.78 Å². The molecule has 0 aliphatic heterocycles. The minimum absolute atomic E-state index is 0.0343. The Hall–Kier alpha value is -1.38.